The molecule has 1 aromatic carbocycles. The Morgan fingerprint density at radius 1 is 0.962 bits per heavy atom. The van der Waals surface area contributed by atoms with Crippen LogP contribution in [0.2, 0.25) is 0 Å². The number of hydrogen-bond donors (Lipinski definition) is 0. The topological polar surface area (TPSA) is 49.9 Å². The van der Waals surface area contributed by atoms with Gasteiger partial charge in [0.15, 0.2) is 0 Å². The molecule has 0 bridgehead atoms. The first-order valence-corrected chi connectivity index (χ1v) is 9.31. The van der Waals surface area contributed by atoms with Crippen LogP contribution in [0.25, 0.3) is 0 Å². The number of rotatable bonds is 4. The van der Waals surface area contributed by atoms with Crippen LogP contribution >= 0.6 is 0 Å². The van der Waals surface area contributed by atoms with Crippen molar-refractivity contribution in [2.24, 2.45) is 5.41 Å². The number of nitrogens with zero attached hydrogens (tertiary/aromatic N) is 2. The second-order valence-corrected chi connectivity index (χ2v) is 8.35. The van der Waals surface area contributed by atoms with Gasteiger partial charge >= 0.3 is 0 Å². The molecule has 5 nitrogen and oxygen atoms in total. The number of amides is 2. The van der Waals surface area contributed by atoms with Crippen LogP contribution < -0.4 is 4.74 Å². The molecule has 0 saturated carbocycles. The van der Waals surface area contributed by atoms with E-state index in [9.17, 15) is 9.59 Å². The van der Waals surface area contributed by atoms with Crippen LogP contribution in [0.4, 0.5) is 0 Å². The Labute approximate surface area is 157 Å². The summed E-state index contributed by atoms with van der Waals surface area (Å²) in [6, 6.07) is 3.90. The molecule has 0 radical (unpaired) electrons. The molecule has 0 aliphatic carbocycles. The number of benzene rings is 1. The summed E-state index contributed by atoms with van der Waals surface area (Å²) >= 11 is 0. The quantitative estimate of drug-likeness (QED) is 0.829. The minimum absolute atomic E-state index is 0.00616. The molecule has 1 heterocycles. The zero-order valence-electron chi connectivity index (χ0n) is 17.0. The second-order valence-electron chi connectivity index (χ2n) is 8.35. The van der Waals surface area contributed by atoms with E-state index in [1.807, 2.05) is 35.8 Å². The highest BCUT2D eigenvalue weighted by molar-refractivity contribution is 5.80. The van der Waals surface area contributed by atoms with Crippen molar-refractivity contribution in [2.45, 2.75) is 47.5 Å². The summed E-state index contributed by atoms with van der Waals surface area (Å²) in [5, 5.41) is 0. The van der Waals surface area contributed by atoms with Crippen molar-refractivity contribution in [3.63, 3.8) is 0 Å². The Bertz CT molecular complexity index is 669. The average molecular weight is 360 g/mol. The number of carbonyl (C=O) groups excluding carboxylic acids is 2. The van der Waals surface area contributed by atoms with Gasteiger partial charge in [0.25, 0.3) is 0 Å². The fourth-order valence-electron chi connectivity index (χ4n) is 3.31. The fraction of sp³-hybridized carbons (Fsp3) is 0.619. The predicted octanol–water partition coefficient (Wildman–Crippen LogP) is 2.96. The van der Waals surface area contributed by atoms with Gasteiger partial charge in [-0.1, -0.05) is 26.8 Å². The molecule has 1 aliphatic heterocycles. The second kappa shape index (κ2) is 8.11. The van der Waals surface area contributed by atoms with Crippen molar-refractivity contribution >= 4 is 11.8 Å². The molecule has 1 saturated heterocycles. The van der Waals surface area contributed by atoms with Gasteiger partial charge < -0.3 is 14.5 Å². The van der Waals surface area contributed by atoms with Crippen LogP contribution in [0, 0.1) is 19.3 Å². The van der Waals surface area contributed by atoms with E-state index in [4.69, 9.17) is 4.74 Å². The number of piperazine rings is 1. The molecule has 0 aromatic heterocycles. The molecule has 0 spiro atoms. The third-order valence-electron chi connectivity index (χ3n) is 5.08. The first-order chi connectivity index (χ1) is 12.1. The van der Waals surface area contributed by atoms with Gasteiger partial charge in [0.05, 0.1) is 13.5 Å². The van der Waals surface area contributed by atoms with Crippen LogP contribution in [0.15, 0.2) is 12.1 Å². The number of hydrogen-bond acceptors (Lipinski definition) is 3. The Morgan fingerprint density at radius 2 is 1.50 bits per heavy atom. The highest BCUT2D eigenvalue weighted by Gasteiger charge is 2.27. The van der Waals surface area contributed by atoms with Gasteiger partial charge in [0.2, 0.25) is 11.8 Å². The lowest BCUT2D eigenvalue weighted by Crippen LogP contribution is -2.51. The van der Waals surface area contributed by atoms with Gasteiger partial charge in [-0.15, -0.1) is 0 Å². The van der Waals surface area contributed by atoms with Gasteiger partial charge in [0.1, 0.15) is 5.75 Å². The molecule has 2 rings (SSSR count). The minimum Gasteiger partial charge on any atom is -0.496 e. The number of methoxy groups -OCH3 is 1. The monoisotopic (exact) mass is 360 g/mol. The van der Waals surface area contributed by atoms with E-state index in [1.165, 1.54) is 0 Å². The first kappa shape index (κ1) is 20.3. The number of carbonyl (C=O) groups is 2. The van der Waals surface area contributed by atoms with Crippen molar-refractivity contribution in [1.82, 2.24) is 9.80 Å². The minimum atomic E-state index is -0.00616. The first-order valence-electron chi connectivity index (χ1n) is 9.31. The molecular weight excluding hydrogens is 328 g/mol. The van der Waals surface area contributed by atoms with Crippen molar-refractivity contribution in [3.05, 3.63) is 28.8 Å². The van der Waals surface area contributed by atoms with Gasteiger partial charge in [-0.2, -0.15) is 0 Å². The highest BCUT2D eigenvalue weighted by atomic mass is 16.5. The summed E-state index contributed by atoms with van der Waals surface area (Å²) in [7, 11) is 1.66. The Kier molecular flexibility index (Phi) is 6.32. The molecule has 1 aliphatic rings. The van der Waals surface area contributed by atoms with E-state index in [-0.39, 0.29) is 17.2 Å². The van der Waals surface area contributed by atoms with Crippen LogP contribution in [-0.4, -0.2) is 54.9 Å². The van der Waals surface area contributed by atoms with Crippen LogP contribution in [0.1, 0.15) is 43.9 Å². The summed E-state index contributed by atoms with van der Waals surface area (Å²) in [4.78, 5) is 28.8. The maximum absolute atomic E-state index is 12.7. The third-order valence-corrected chi connectivity index (χ3v) is 5.08. The molecular formula is C21H32N2O3. The van der Waals surface area contributed by atoms with E-state index in [0.29, 0.717) is 39.0 Å². The summed E-state index contributed by atoms with van der Waals surface area (Å²) in [5.41, 5.74) is 3.22. The summed E-state index contributed by atoms with van der Waals surface area (Å²) < 4.78 is 5.34. The average Bonchev–Trinajstić information content (AvgIpc) is 2.58. The van der Waals surface area contributed by atoms with E-state index < -0.39 is 0 Å². The Balaban J connectivity index is 1.93. The van der Waals surface area contributed by atoms with Crippen molar-refractivity contribution in [3.8, 4) is 5.75 Å². The Hall–Kier alpha value is -2.04. The molecule has 0 N–H and O–H groups in total. The zero-order valence-corrected chi connectivity index (χ0v) is 17.0. The third kappa shape index (κ3) is 4.99. The maximum Gasteiger partial charge on any atom is 0.227 e. The number of ether oxygens (including phenoxy) is 1. The normalized spacial score (nSPS) is 15.2. The van der Waals surface area contributed by atoms with Crippen molar-refractivity contribution in [1.29, 1.82) is 0 Å². The largest absolute Gasteiger partial charge is 0.496 e. The van der Waals surface area contributed by atoms with E-state index in [2.05, 4.69) is 20.8 Å². The smallest absolute Gasteiger partial charge is 0.227 e. The zero-order chi connectivity index (χ0) is 19.5. The lowest BCUT2D eigenvalue weighted by atomic mass is 9.91. The summed E-state index contributed by atoms with van der Waals surface area (Å²) in [5.74, 6) is 1.16. The van der Waals surface area contributed by atoms with Crippen LogP contribution in [0.5, 0.6) is 5.75 Å². The van der Waals surface area contributed by atoms with Crippen LogP contribution in [-0.2, 0) is 16.0 Å². The fourth-order valence-corrected chi connectivity index (χ4v) is 3.31. The molecule has 0 atom stereocenters. The van der Waals surface area contributed by atoms with E-state index >= 15 is 0 Å². The molecule has 1 aromatic rings. The summed E-state index contributed by atoms with van der Waals surface area (Å²) in [6.45, 7) is 12.7. The molecule has 2 amide bonds. The predicted molar refractivity (Wildman–Crippen MR) is 103 cm³/mol. The maximum atomic E-state index is 12.7. The van der Waals surface area contributed by atoms with Gasteiger partial charge in [-0.25, -0.2) is 0 Å². The molecule has 0 unspecified atom stereocenters. The molecule has 5 heteroatoms. The lowest BCUT2D eigenvalue weighted by Gasteiger charge is -2.36. The van der Waals surface area contributed by atoms with Crippen LogP contribution in [0.3, 0.4) is 0 Å². The molecule has 1 fully saturated rings. The Morgan fingerprint density at radius 3 is 2.00 bits per heavy atom. The standard InChI is InChI=1S/C21H32N2O3/c1-15-16(2)18(26-6)8-7-17(15)13-19(24)22-9-11-23(12-10-22)20(25)14-21(3,4)5/h7-8H,9-14H2,1-6H3. The van der Waals surface area contributed by atoms with Gasteiger partial charge in [-0.05, 0) is 42.0 Å². The van der Waals surface area contributed by atoms with Gasteiger partial charge in [-0.3, -0.25) is 9.59 Å². The van der Waals surface area contributed by atoms with Crippen molar-refractivity contribution < 1.29 is 14.3 Å². The van der Waals surface area contributed by atoms with E-state index in [1.54, 1.807) is 7.11 Å². The SMILES string of the molecule is COc1ccc(CC(=O)N2CCN(C(=O)CC(C)(C)C)CC2)c(C)c1C. The van der Waals surface area contributed by atoms with Crippen molar-refractivity contribution in [2.75, 3.05) is 33.3 Å². The highest BCUT2D eigenvalue weighted by Crippen LogP contribution is 2.25. The molecule has 144 valence electrons. The van der Waals surface area contributed by atoms with E-state index in [0.717, 1.165) is 22.4 Å². The summed E-state index contributed by atoms with van der Waals surface area (Å²) in [6.07, 6.45) is 0.942. The van der Waals surface area contributed by atoms with Gasteiger partial charge in [0, 0.05) is 32.6 Å². The lowest BCUT2D eigenvalue weighted by molar-refractivity contribution is -0.140. The molecule has 26 heavy (non-hydrogen) atoms.